The van der Waals surface area contributed by atoms with Crippen molar-refractivity contribution in [3.05, 3.63) is 40.0 Å². The molecule has 14 heteroatoms. The normalized spacial score (nSPS) is 21.6. The topological polar surface area (TPSA) is 88.6 Å². The summed E-state index contributed by atoms with van der Waals surface area (Å²) in [5.41, 5.74) is -4.94. The van der Waals surface area contributed by atoms with Crippen LogP contribution in [0.3, 0.4) is 0 Å². The number of rotatable bonds is 7. The van der Waals surface area contributed by atoms with Crippen molar-refractivity contribution in [2.75, 3.05) is 6.54 Å². The molecule has 4 rings (SSSR count). The molecule has 1 aromatic carbocycles. The number of amides is 2. The number of carbonyl (C=O) groups excluding carboxylic acids is 3. The van der Waals surface area contributed by atoms with Crippen molar-refractivity contribution in [2.45, 2.75) is 82.4 Å². The predicted octanol–water partition coefficient (Wildman–Crippen LogP) is 5.56. The quantitative estimate of drug-likeness (QED) is 0.337. The molecule has 0 unspecified atom stereocenters. The van der Waals surface area contributed by atoms with Crippen LogP contribution in [0.5, 0.6) is 0 Å². The van der Waals surface area contributed by atoms with Crippen LogP contribution in [0, 0.1) is 6.92 Å². The van der Waals surface area contributed by atoms with Gasteiger partial charge < -0.3 is 15.0 Å². The van der Waals surface area contributed by atoms with E-state index in [2.05, 4.69) is 10.3 Å². The molecule has 2 aliphatic rings. The summed E-state index contributed by atoms with van der Waals surface area (Å²) in [5.74, 6) is -1.07. The van der Waals surface area contributed by atoms with Crippen molar-refractivity contribution < 1.29 is 45.5 Å². The molecule has 2 amide bonds. The molecule has 2 aromatic rings. The van der Waals surface area contributed by atoms with E-state index < -0.39 is 35.1 Å². The molecule has 0 spiro atoms. The maximum Gasteiger partial charge on any atom is 0.406 e. The number of aryl methyl sites for hydroxylation is 1. The molecular formula is C26H27F6N3O4S. The van der Waals surface area contributed by atoms with E-state index in [0.717, 1.165) is 42.4 Å². The number of ether oxygens (including phenoxy) is 1. The Morgan fingerprint density at radius 1 is 1.15 bits per heavy atom. The number of halogens is 6. The number of hydrogen-bond donors (Lipinski definition) is 1. The van der Waals surface area contributed by atoms with Crippen LogP contribution in [-0.2, 0) is 14.9 Å². The highest BCUT2D eigenvalue weighted by molar-refractivity contribution is 7.17. The fourth-order valence-electron chi connectivity index (χ4n) is 4.95. The Morgan fingerprint density at radius 2 is 1.80 bits per heavy atom. The molecule has 1 aliphatic carbocycles. The van der Waals surface area contributed by atoms with E-state index in [4.69, 9.17) is 4.74 Å². The van der Waals surface area contributed by atoms with Gasteiger partial charge in [0.15, 0.2) is 10.4 Å². The summed E-state index contributed by atoms with van der Waals surface area (Å²) in [5, 5.41) is 2.67. The van der Waals surface area contributed by atoms with Crippen LogP contribution in [0.2, 0.25) is 0 Å². The van der Waals surface area contributed by atoms with Gasteiger partial charge in [-0.25, -0.2) is 4.98 Å². The highest BCUT2D eigenvalue weighted by atomic mass is 32.1. The van der Waals surface area contributed by atoms with E-state index in [-0.39, 0.29) is 51.8 Å². The molecule has 1 aliphatic heterocycles. The van der Waals surface area contributed by atoms with Crippen molar-refractivity contribution in [1.29, 1.82) is 0 Å². The van der Waals surface area contributed by atoms with E-state index in [0.29, 0.717) is 25.9 Å². The summed E-state index contributed by atoms with van der Waals surface area (Å²) in [6.45, 7) is 4.07. The smallest absolute Gasteiger partial charge is 0.406 e. The van der Waals surface area contributed by atoms with Crippen molar-refractivity contribution in [2.24, 2.45) is 0 Å². The van der Waals surface area contributed by atoms with Crippen LogP contribution in [0.1, 0.15) is 70.9 Å². The van der Waals surface area contributed by atoms with Gasteiger partial charge in [-0.3, -0.25) is 14.4 Å². The Kier molecular flexibility index (Phi) is 7.96. The second-order valence-electron chi connectivity index (χ2n) is 10.3. The van der Waals surface area contributed by atoms with Crippen LogP contribution in [-0.4, -0.2) is 65.3 Å². The molecule has 1 saturated heterocycles. The van der Waals surface area contributed by atoms with Crippen LogP contribution in [0.25, 0.3) is 10.4 Å². The minimum atomic E-state index is -5.61. The van der Waals surface area contributed by atoms with E-state index >= 15 is 0 Å². The largest absolute Gasteiger partial charge is 0.464 e. The first-order chi connectivity index (χ1) is 18.6. The van der Waals surface area contributed by atoms with Gasteiger partial charge in [-0.15, -0.1) is 11.3 Å². The van der Waals surface area contributed by atoms with E-state index in [9.17, 15) is 40.7 Å². The zero-order valence-corrected chi connectivity index (χ0v) is 22.6. The molecule has 1 N–H and O–H groups in total. The maximum atomic E-state index is 13.7. The molecule has 0 radical (unpaired) electrons. The van der Waals surface area contributed by atoms with Crippen molar-refractivity contribution in [1.82, 2.24) is 15.2 Å². The fraction of sp³-hybridized carbons (Fsp3) is 0.538. The van der Waals surface area contributed by atoms with Crippen molar-refractivity contribution in [3.8, 4) is 10.4 Å². The highest BCUT2D eigenvalue weighted by Crippen LogP contribution is 2.52. The zero-order valence-electron chi connectivity index (χ0n) is 21.8. The van der Waals surface area contributed by atoms with Crippen LogP contribution >= 0.6 is 11.3 Å². The van der Waals surface area contributed by atoms with Crippen LogP contribution < -0.4 is 5.32 Å². The summed E-state index contributed by atoms with van der Waals surface area (Å²) in [7, 11) is 0. The standard InChI is InChI=1S/C26H27F6N3O4S/c1-13-9-15(24(3,25(27,28)29)26(30,31)32)6-7-18(13)20-19(23(38)35-8-4-5-14(35)2)34-22(40-20)21(37)33-16-10-17(11-16)39-12-36/h6-7,9,12,14,16-17H,4-5,8,10-11H2,1-3H3,(H,33,37)/t14-,16?,17?/m0/s1. The Bertz CT molecular complexity index is 1290. The summed E-state index contributed by atoms with van der Waals surface area (Å²) < 4.78 is 86.9. The monoisotopic (exact) mass is 591 g/mol. The molecule has 2 fully saturated rings. The second-order valence-corrected chi connectivity index (χ2v) is 11.3. The number of nitrogens with one attached hydrogen (secondary N) is 1. The molecule has 2 heterocycles. The summed E-state index contributed by atoms with van der Waals surface area (Å²) >= 11 is 0.833. The van der Waals surface area contributed by atoms with Crippen molar-refractivity contribution >= 4 is 29.6 Å². The number of nitrogens with zero attached hydrogens (tertiary/aromatic N) is 2. The third-order valence-electron chi connectivity index (χ3n) is 7.70. The Morgan fingerprint density at radius 3 is 2.33 bits per heavy atom. The highest BCUT2D eigenvalue weighted by Gasteiger charge is 2.68. The lowest BCUT2D eigenvalue weighted by molar-refractivity contribution is -0.297. The number of aromatic nitrogens is 1. The number of thiazole rings is 1. The van der Waals surface area contributed by atoms with E-state index in [1.165, 1.54) is 6.92 Å². The lowest BCUT2D eigenvalue weighted by atomic mass is 9.79. The molecule has 1 saturated carbocycles. The SMILES string of the molecule is Cc1cc(C(C)(C(F)(F)F)C(F)(F)F)ccc1-c1sc(C(=O)NC2CC(OC=O)C2)nc1C(=O)N1CCC[C@@H]1C. The van der Waals surface area contributed by atoms with Gasteiger partial charge in [0.25, 0.3) is 18.3 Å². The van der Waals surface area contributed by atoms with Gasteiger partial charge in [0, 0.05) is 31.5 Å². The van der Waals surface area contributed by atoms with Gasteiger partial charge in [-0.2, -0.15) is 26.3 Å². The number of likely N-dealkylation sites (tertiary alicyclic amines) is 1. The van der Waals surface area contributed by atoms with Gasteiger partial charge in [0.05, 0.1) is 4.88 Å². The van der Waals surface area contributed by atoms with Gasteiger partial charge in [0.1, 0.15) is 11.8 Å². The fourth-order valence-corrected chi connectivity index (χ4v) is 6.00. The number of carbonyl (C=O) groups is 3. The summed E-state index contributed by atoms with van der Waals surface area (Å²) in [6, 6.07) is 2.27. The molecular weight excluding hydrogens is 564 g/mol. The molecule has 40 heavy (non-hydrogen) atoms. The predicted molar refractivity (Wildman–Crippen MR) is 133 cm³/mol. The first-order valence-corrected chi connectivity index (χ1v) is 13.4. The third-order valence-corrected chi connectivity index (χ3v) is 8.79. The first kappa shape index (κ1) is 29.8. The molecule has 0 bridgehead atoms. The lowest BCUT2D eigenvalue weighted by Gasteiger charge is -2.34. The third kappa shape index (κ3) is 5.29. The maximum absolute atomic E-state index is 13.7. The Labute approximate surface area is 229 Å². The Balaban J connectivity index is 1.73. The number of benzene rings is 1. The van der Waals surface area contributed by atoms with Gasteiger partial charge >= 0.3 is 12.4 Å². The molecule has 7 nitrogen and oxygen atoms in total. The average molecular weight is 592 g/mol. The van der Waals surface area contributed by atoms with E-state index in [1.54, 1.807) is 4.90 Å². The van der Waals surface area contributed by atoms with Gasteiger partial charge in [0.2, 0.25) is 0 Å². The second kappa shape index (κ2) is 10.7. The average Bonchev–Trinajstić information content (AvgIpc) is 3.47. The Hall–Kier alpha value is -3.16. The molecule has 1 atom stereocenters. The minimum Gasteiger partial charge on any atom is -0.464 e. The lowest BCUT2D eigenvalue weighted by Crippen LogP contribution is -2.51. The van der Waals surface area contributed by atoms with E-state index in [1.807, 2.05) is 6.92 Å². The van der Waals surface area contributed by atoms with Gasteiger partial charge in [-0.05, 0) is 50.3 Å². The van der Waals surface area contributed by atoms with Crippen LogP contribution in [0.15, 0.2) is 18.2 Å². The first-order valence-electron chi connectivity index (χ1n) is 12.5. The number of hydrogen-bond acceptors (Lipinski definition) is 6. The van der Waals surface area contributed by atoms with Gasteiger partial charge in [-0.1, -0.05) is 18.2 Å². The summed E-state index contributed by atoms with van der Waals surface area (Å²) in [6.07, 6.45) is -9.23. The van der Waals surface area contributed by atoms with Crippen LogP contribution in [0.4, 0.5) is 26.3 Å². The molecule has 1 aromatic heterocycles. The zero-order chi connectivity index (χ0) is 29.6. The summed E-state index contributed by atoms with van der Waals surface area (Å²) in [4.78, 5) is 43.0. The minimum absolute atomic E-state index is 0.0594. The molecule has 218 valence electrons. The van der Waals surface area contributed by atoms with Crippen molar-refractivity contribution in [3.63, 3.8) is 0 Å². The number of alkyl halides is 6.